The lowest BCUT2D eigenvalue weighted by Crippen LogP contribution is -2.21. The second-order valence-electron chi connectivity index (χ2n) is 4.90. The van der Waals surface area contributed by atoms with E-state index in [1.165, 1.54) is 18.4 Å². The molecule has 0 saturated carbocycles. The normalized spacial score (nSPS) is 12.4. The monoisotopic (exact) mass is 249 g/mol. The van der Waals surface area contributed by atoms with Crippen molar-refractivity contribution in [3.8, 4) is 0 Å². The second kappa shape index (κ2) is 8.09. The summed E-state index contributed by atoms with van der Waals surface area (Å²) in [7, 11) is 2.11. The third-order valence-corrected chi connectivity index (χ3v) is 3.21. The largest absolute Gasteiger partial charge is 0.360 e. The predicted molar refractivity (Wildman–Crippen MR) is 79.1 cm³/mol. The molecule has 1 aromatic heterocycles. The maximum absolute atomic E-state index is 4.55. The van der Waals surface area contributed by atoms with Crippen LogP contribution in [0.5, 0.6) is 0 Å². The van der Waals surface area contributed by atoms with E-state index >= 15 is 0 Å². The number of nitrogens with zero attached hydrogens (tertiary/aromatic N) is 2. The van der Waals surface area contributed by atoms with Gasteiger partial charge in [0.05, 0.1) is 0 Å². The summed E-state index contributed by atoms with van der Waals surface area (Å²) in [6, 6.07) is 4.68. The Bertz CT molecular complexity index is 288. The minimum atomic E-state index is 0.382. The summed E-state index contributed by atoms with van der Waals surface area (Å²) >= 11 is 0. The average molecular weight is 249 g/mol. The van der Waals surface area contributed by atoms with Crippen LogP contribution in [0.2, 0.25) is 0 Å². The highest BCUT2D eigenvalue weighted by Crippen LogP contribution is 2.15. The molecule has 1 unspecified atom stereocenters. The van der Waals surface area contributed by atoms with Crippen LogP contribution in [0.3, 0.4) is 0 Å². The molecule has 0 aliphatic heterocycles. The molecular formula is C15H27N3. The van der Waals surface area contributed by atoms with Gasteiger partial charge in [0, 0.05) is 25.8 Å². The van der Waals surface area contributed by atoms with Crippen LogP contribution in [0.1, 0.15) is 51.6 Å². The van der Waals surface area contributed by atoms with E-state index < -0.39 is 0 Å². The van der Waals surface area contributed by atoms with E-state index in [1.54, 1.807) is 0 Å². The zero-order valence-electron chi connectivity index (χ0n) is 12.2. The number of hydrogen-bond acceptors (Lipinski definition) is 3. The maximum atomic E-state index is 4.55. The summed E-state index contributed by atoms with van der Waals surface area (Å²) in [6.07, 6.45) is 5.59. The molecule has 0 spiro atoms. The van der Waals surface area contributed by atoms with Crippen molar-refractivity contribution in [1.29, 1.82) is 0 Å². The van der Waals surface area contributed by atoms with Crippen LogP contribution in [0.15, 0.2) is 18.3 Å². The van der Waals surface area contributed by atoms with Crippen LogP contribution in [-0.2, 0) is 0 Å². The molecule has 102 valence electrons. The zero-order chi connectivity index (χ0) is 13.4. The van der Waals surface area contributed by atoms with Crippen molar-refractivity contribution in [3.05, 3.63) is 23.9 Å². The molecule has 1 aromatic rings. The molecule has 0 radical (unpaired) electrons. The standard InChI is InChI=1S/C15H27N3/c1-5-7-11-18(4)15-9-8-14(12-17-15)13(3)16-10-6-2/h8-9,12-13,16H,5-7,10-11H2,1-4H3. The summed E-state index contributed by atoms with van der Waals surface area (Å²) in [5.74, 6) is 1.06. The van der Waals surface area contributed by atoms with Gasteiger partial charge in [-0.2, -0.15) is 0 Å². The van der Waals surface area contributed by atoms with E-state index in [0.29, 0.717) is 6.04 Å². The van der Waals surface area contributed by atoms with Crippen molar-refractivity contribution in [2.24, 2.45) is 0 Å². The van der Waals surface area contributed by atoms with E-state index in [-0.39, 0.29) is 0 Å². The summed E-state index contributed by atoms with van der Waals surface area (Å²) in [6.45, 7) is 8.72. The first-order chi connectivity index (χ1) is 8.69. The van der Waals surface area contributed by atoms with E-state index in [0.717, 1.165) is 25.3 Å². The van der Waals surface area contributed by atoms with Crippen LogP contribution < -0.4 is 10.2 Å². The first-order valence-corrected chi connectivity index (χ1v) is 7.09. The third-order valence-electron chi connectivity index (χ3n) is 3.21. The van der Waals surface area contributed by atoms with Crippen LogP contribution in [0, 0.1) is 0 Å². The van der Waals surface area contributed by atoms with Crippen LogP contribution in [0.25, 0.3) is 0 Å². The maximum Gasteiger partial charge on any atom is 0.128 e. The van der Waals surface area contributed by atoms with Crippen LogP contribution in [0.4, 0.5) is 5.82 Å². The Hall–Kier alpha value is -1.09. The molecule has 1 N–H and O–H groups in total. The van der Waals surface area contributed by atoms with Gasteiger partial charge < -0.3 is 10.2 Å². The summed E-state index contributed by atoms with van der Waals surface area (Å²) < 4.78 is 0. The Balaban J connectivity index is 2.56. The Kier molecular flexibility index (Phi) is 6.73. The molecule has 1 rings (SSSR count). The Labute approximate surface area is 112 Å². The number of pyridine rings is 1. The van der Waals surface area contributed by atoms with E-state index in [9.17, 15) is 0 Å². The van der Waals surface area contributed by atoms with Gasteiger partial charge in [0.25, 0.3) is 0 Å². The topological polar surface area (TPSA) is 28.2 Å². The Morgan fingerprint density at radius 3 is 2.61 bits per heavy atom. The fourth-order valence-electron chi connectivity index (χ4n) is 1.87. The Morgan fingerprint density at radius 1 is 1.28 bits per heavy atom. The SMILES string of the molecule is CCCCN(C)c1ccc(C(C)NCCC)cn1. The van der Waals surface area contributed by atoms with Gasteiger partial charge in [-0.15, -0.1) is 0 Å². The molecule has 0 fully saturated rings. The van der Waals surface area contributed by atoms with Gasteiger partial charge in [0.15, 0.2) is 0 Å². The third kappa shape index (κ3) is 4.65. The van der Waals surface area contributed by atoms with Gasteiger partial charge in [0.1, 0.15) is 5.82 Å². The van der Waals surface area contributed by atoms with Gasteiger partial charge in [0.2, 0.25) is 0 Å². The molecule has 0 aliphatic carbocycles. The van der Waals surface area contributed by atoms with Gasteiger partial charge >= 0.3 is 0 Å². The minimum Gasteiger partial charge on any atom is -0.360 e. The smallest absolute Gasteiger partial charge is 0.128 e. The molecule has 0 amide bonds. The summed E-state index contributed by atoms with van der Waals surface area (Å²) in [5.41, 5.74) is 1.26. The summed E-state index contributed by atoms with van der Waals surface area (Å²) in [4.78, 5) is 6.77. The van der Waals surface area contributed by atoms with Crippen LogP contribution in [-0.4, -0.2) is 25.1 Å². The number of aromatic nitrogens is 1. The summed E-state index contributed by atoms with van der Waals surface area (Å²) in [5, 5.41) is 3.48. The molecule has 0 aromatic carbocycles. The van der Waals surface area contributed by atoms with E-state index in [4.69, 9.17) is 0 Å². The van der Waals surface area contributed by atoms with E-state index in [1.807, 2.05) is 6.20 Å². The quantitative estimate of drug-likeness (QED) is 0.765. The number of hydrogen-bond donors (Lipinski definition) is 1. The Morgan fingerprint density at radius 2 is 2.06 bits per heavy atom. The van der Waals surface area contributed by atoms with Gasteiger partial charge in [-0.25, -0.2) is 4.98 Å². The van der Waals surface area contributed by atoms with E-state index in [2.05, 4.69) is 55.2 Å². The fourth-order valence-corrected chi connectivity index (χ4v) is 1.87. The van der Waals surface area contributed by atoms with Crippen molar-refractivity contribution in [2.75, 3.05) is 25.0 Å². The number of nitrogens with one attached hydrogen (secondary N) is 1. The van der Waals surface area contributed by atoms with Gasteiger partial charge in [-0.3, -0.25) is 0 Å². The molecule has 18 heavy (non-hydrogen) atoms. The highest BCUT2D eigenvalue weighted by Gasteiger charge is 2.06. The lowest BCUT2D eigenvalue weighted by Gasteiger charge is -2.19. The molecule has 3 nitrogen and oxygen atoms in total. The van der Waals surface area contributed by atoms with Crippen molar-refractivity contribution in [1.82, 2.24) is 10.3 Å². The highest BCUT2D eigenvalue weighted by atomic mass is 15.2. The minimum absolute atomic E-state index is 0.382. The molecular weight excluding hydrogens is 222 g/mol. The van der Waals surface area contributed by atoms with Gasteiger partial charge in [-0.05, 0) is 37.9 Å². The lowest BCUT2D eigenvalue weighted by atomic mass is 10.1. The molecule has 0 aliphatic rings. The number of anilines is 1. The first kappa shape index (κ1) is 15.0. The molecule has 3 heteroatoms. The lowest BCUT2D eigenvalue weighted by molar-refractivity contribution is 0.569. The van der Waals surface area contributed by atoms with Gasteiger partial charge in [-0.1, -0.05) is 26.3 Å². The van der Waals surface area contributed by atoms with Crippen LogP contribution >= 0.6 is 0 Å². The second-order valence-corrected chi connectivity index (χ2v) is 4.90. The highest BCUT2D eigenvalue weighted by molar-refractivity contribution is 5.38. The van der Waals surface area contributed by atoms with Crippen molar-refractivity contribution < 1.29 is 0 Å². The molecule has 1 atom stereocenters. The molecule has 1 heterocycles. The van der Waals surface area contributed by atoms with Crippen molar-refractivity contribution in [2.45, 2.75) is 46.1 Å². The zero-order valence-corrected chi connectivity index (χ0v) is 12.2. The predicted octanol–water partition coefficient (Wildman–Crippen LogP) is 3.38. The molecule has 0 saturated heterocycles. The first-order valence-electron chi connectivity index (χ1n) is 7.09. The average Bonchev–Trinajstić information content (AvgIpc) is 2.42. The fraction of sp³-hybridized carbons (Fsp3) is 0.667. The number of rotatable bonds is 8. The number of unbranched alkanes of at least 4 members (excludes halogenated alkanes) is 1. The molecule has 0 bridgehead atoms. The van der Waals surface area contributed by atoms with Crippen molar-refractivity contribution in [3.63, 3.8) is 0 Å². The van der Waals surface area contributed by atoms with Crippen molar-refractivity contribution >= 4 is 5.82 Å².